The second-order valence-corrected chi connectivity index (χ2v) is 7.39. The largest absolute Gasteiger partial charge is 0.306 e. The fourth-order valence-electron chi connectivity index (χ4n) is 3.40. The predicted molar refractivity (Wildman–Crippen MR) is 113 cm³/mol. The van der Waals surface area contributed by atoms with E-state index in [9.17, 15) is 4.39 Å². The van der Waals surface area contributed by atoms with Crippen molar-refractivity contribution in [3.8, 4) is 16.9 Å². The number of nitrogens with one attached hydrogen (secondary N) is 2. The molecule has 0 amide bonds. The molecular weight excluding hydrogens is 389 g/mol. The molecular formula is C22H21ClFN5. The van der Waals surface area contributed by atoms with Gasteiger partial charge in [-0.2, -0.15) is 10.2 Å². The Labute approximate surface area is 173 Å². The zero-order valence-electron chi connectivity index (χ0n) is 16.2. The SMILES string of the molecule is Cc1c([C@@H](C)NCc2cn[nH]c2-c2ccc(Cl)cc2)cnn1-c1cccc(F)c1. The summed E-state index contributed by atoms with van der Waals surface area (Å²) in [6.07, 6.45) is 3.65. The number of rotatable bonds is 6. The second kappa shape index (κ2) is 8.19. The maximum atomic E-state index is 13.6. The Morgan fingerprint density at radius 1 is 1.17 bits per heavy atom. The van der Waals surface area contributed by atoms with Gasteiger partial charge in [-0.25, -0.2) is 9.07 Å². The van der Waals surface area contributed by atoms with Crippen LogP contribution >= 0.6 is 11.6 Å². The number of benzene rings is 2. The van der Waals surface area contributed by atoms with E-state index in [1.165, 1.54) is 12.1 Å². The van der Waals surface area contributed by atoms with Gasteiger partial charge in [-0.15, -0.1) is 0 Å². The van der Waals surface area contributed by atoms with E-state index in [1.54, 1.807) is 10.7 Å². The molecule has 5 nitrogen and oxygen atoms in total. The molecule has 0 aliphatic heterocycles. The van der Waals surface area contributed by atoms with E-state index in [1.807, 2.05) is 49.6 Å². The van der Waals surface area contributed by atoms with Gasteiger partial charge in [0, 0.05) is 34.4 Å². The number of aromatic amines is 1. The lowest BCUT2D eigenvalue weighted by Crippen LogP contribution is -2.18. The topological polar surface area (TPSA) is 58.5 Å². The lowest BCUT2D eigenvalue weighted by Gasteiger charge is -2.14. The standard InChI is InChI=1S/C22H21ClFN5/c1-14(21-13-27-29(15(21)2)20-5-3-4-19(24)10-20)25-11-17-12-26-28-22(17)16-6-8-18(23)9-7-16/h3-10,12-14,25H,11H2,1-2H3,(H,26,28)/t14-/m1/s1. The minimum atomic E-state index is -0.278. The lowest BCUT2D eigenvalue weighted by atomic mass is 10.1. The highest BCUT2D eigenvalue weighted by Gasteiger charge is 2.16. The average Bonchev–Trinajstić information content (AvgIpc) is 3.33. The Balaban J connectivity index is 1.50. The van der Waals surface area contributed by atoms with Crippen molar-refractivity contribution in [2.24, 2.45) is 0 Å². The highest BCUT2D eigenvalue weighted by molar-refractivity contribution is 6.30. The van der Waals surface area contributed by atoms with Crippen LogP contribution in [-0.4, -0.2) is 20.0 Å². The van der Waals surface area contributed by atoms with E-state index in [0.29, 0.717) is 17.3 Å². The average molecular weight is 410 g/mol. The van der Waals surface area contributed by atoms with Crippen molar-refractivity contribution in [3.05, 3.63) is 88.6 Å². The first kappa shape index (κ1) is 19.4. The summed E-state index contributed by atoms with van der Waals surface area (Å²) < 4.78 is 15.3. The van der Waals surface area contributed by atoms with Crippen LogP contribution in [0.2, 0.25) is 5.02 Å². The van der Waals surface area contributed by atoms with Crippen LogP contribution in [0.4, 0.5) is 4.39 Å². The fraction of sp³-hybridized carbons (Fsp3) is 0.182. The third kappa shape index (κ3) is 4.09. The summed E-state index contributed by atoms with van der Waals surface area (Å²) in [6.45, 7) is 4.71. The first-order chi connectivity index (χ1) is 14.0. The Bertz CT molecular complexity index is 1120. The van der Waals surface area contributed by atoms with E-state index in [2.05, 4.69) is 27.5 Å². The Hall–Kier alpha value is -2.96. The molecule has 0 radical (unpaired) electrons. The van der Waals surface area contributed by atoms with Gasteiger partial charge in [0.15, 0.2) is 0 Å². The van der Waals surface area contributed by atoms with Crippen molar-refractivity contribution in [3.63, 3.8) is 0 Å². The molecule has 0 bridgehead atoms. The zero-order chi connectivity index (χ0) is 20.4. The van der Waals surface area contributed by atoms with Gasteiger partial charge < -0.3 is 5.32 Å². The molecule has 0 saturated heterocycles. The molecule has 4 rings (SSSR count). The summed E-state index contributed by atoms with van der Waals surface area (Å²) in [5.41, 5.74) is 5.81. The Kier molecular flexibility index (Phi) is 5.47. The first-order valence-corrected chi connectivity index (χ1v) is 9.73. The molecule has 7 heteroatoms. The smallest absolute Gasteiger partial charge is 0.125 e. The normalized spacial score (nSPS) is 12.3. The van der Waals surface area contributed by atoms with Crippen LogP contribution in [-0.2, 0) is 6.54 Å². The van der Waals surface area contributed by atoms with Gasteiger partial charge in [0.1, 0.15) is 5.82 Å². The molecule has 0 aliphatic carbocycles. The van der Waals surface area contributed by atoms with Crippen LogP contribution in [0.15, 0.2) is 60.9 Å². The highest BCUT2D eigenvalue weighted by atomic mass is 35.5. The Morgan fingerprint density at radius 2 is 1.97 bits per heavy atom. The van der Waals surface area contributed by atoms with Crippen molar-refractivity contribution in [2.75, 3.05) is 0 Å². The molecule has 0 saturated carbocycles. The van der Waals surface area contributed by atoms with Gasteiger partial charge in [-0.05, 0) is 49.7 Å². The molecule has 0 unspecified atom stereocenters. The minimum Gasteiger partial charge on any atom is -0.306 e. The van der Waals surface area contributed by atoms with Gasteiger partial charge >= 0.3 is 0 Å². The minimum absolute atomic E-state index is 0.0604. The van der Waals surface area contributed by atoms with Crippen molar-refractivity contribution in [1.82, 2.24) is 25.3 Å². The quantitative estimate of drug-likeness (QED) is 0.459. The molecule has 1 atom stereocenters. The number of nitrogens with zero attached hydrogens (tertiary/aromatic N) is 3. The molecule has 2 heterocycles. The van der Waals surface area contributed by atoms with Crippen LogP contribution in [0.5, 0.6) is 0 Å². The molecule has 2 N–H and O–H groups in total. The maximum absolute atomic E-state index is 13.6. The van der Waals surface area contributed by atoms with Crippen LogP contribution in [0.3, 0.4) is 0 Å². The summed E-state index contributed by atoms with van der Waals surface area (Å²) in [6, 6.07) is 14.2. The molecule has 4 aromatic rings. The fourth-order valence-corrected chi connectivity index (χ4v) is 3.53. The van der Waals surface area contributed by atoms with Crippen LogP contribution in [0.25, 0.3) is 16.9 Å². The summed E-state index contributed by atoms with van der Waals surface area (Å²) in [5, 5.41) is 15.9. The summed E-state index contributed by atoms with van der Waals surface area (Å²) in [5.74, 6) is -0.278. The molecule has 29 heavy (non-hydrogen) atoms. The Morgan fingerprint density at radius 3 is 2.72 bits per heavy atom. The summed E-state index contributed by atoms with van der Waals surface area (Å²) >= 11 is 5.99. The number of halogens is 2. The maximum Gasteiger partial charge on any atom is 0.125 e. The number of hydrogen-bond acceptors (Lipinski definition) is 3. The molecule has 2 aromatic carbocycles. The summed E-state index contributed by atoms with van der Waals surface area (Å²) in [7, 11) is 0. The molecule has 0 fully saturated rings. The van der Waals surface area contributed by atoms with Crippen LogP contribution < -0.4 is 5.32 Å². The predicted octanol–water partition coefficient (Wildman–Crippen LogP) is 5.21. The molecule has 2 aromatic heterocycles. The van der Waals surface area contributed by atoms with Crippen molar-refractivity contribution < 1.29 is 4.39 Å². The van der Waals surface area contributed by atoms with Crippen molar-refractivity contribution in [2.45, 2.75) is 26.4 Å². The van der Waals surface area contributed by atoms with Gasteiger partial charge in [-0.1, -0.05) is 29.8 Å². The van der Waals surface area contributed by atoms with E-state index in [0.717, 1.165) is 28.1 Å². The van der Waals surface area contributed by atoms with Crippen LogP contribution in [0.1, 0.15) is 29.8 Å². The van der Waals surface area contributed by atoms with Gasteiger partial charge in [0.2, 0.25) is 0 Å². The molecule has 148 valence electrons. The van der Waals surface area contributed by atoms with E-state index < -0.39 is 0 Å². The molecule has 0 spiro atoms. The summed E-state index contributed by atoms with van der Waals surface area (Å²) in [4.78, 5) is 0. The van der Waals surface area contributed by atoms with Gasteiger partial charge in [-0.3, -0.25) is 5.10 Å². The van der Waals surface area contributed by atoms with Crippen molar-refractivity contribution in [1.29, 1.82) is 0 Å². The van der Waals surface area contributed by atoms with Gasteiger partial charge in [0.05, 0.1) is 23.8 Å². The third-order valence-electron chi connectivity index (χ3n) is 5.02. The van der Waals surface area contributed by atoms with E-state index in [4.69, 9.17) is 11.6 Å². The monoisotopic (exact) mass is 409 g/mol. The zero-order valence-corrected chi connectivity index (χ0v) is 16.9. The third-order valence-corrected chi connectivity index (χ3v) is 5.27. The second-order valence-electron chi connectivity index (χ2n) is 6.96. The lowest BCUT2D eigenvalue weighted by molar-refractivity contribution is 0.572. The van der Waals surface area contributed by atoms with Crippen LogP contribution in [0, 0.1) is 12.7 Å². The van der Waals surface area contributed by atoms with E-state index in [-0.39, 0.29) is 11.9 Å². The number of hydrogen-bond donors (Lipinski definition) is 2. The highest BCUT2D eigenvalue weighted by Crippen LogP contribution is 2.25. The van der Waals surface area contributed by atoms with E-state index >= 15 is 0 Å². The van der Waals surface area contributed by atoms with Gasteiger partial charge in [0.25, 0.3) is 0 Å². The van der Waals surface area contributed by atoms with Crippen molar-refractivity contribution >= 4 is 11.6 Å². The molecule has 0 aliphatic rings. The number of aromatic nitrogens is 4. The number of H-pyrrole nitrogens is 1. The first-order valence-electron chi connectivity index (χ1n) is 9.35.